The summed E-state index contributed by atoms with van der Waals surface area (Å²) in [5, 5.41) is 0. The van der Waals surface area contributed by atoms with Crippen LogP contribution < -0.4 is 16.3 Å². The summed E-state index contributed by atoms with van der Waals surface area (Å²) in [6.07, 6.45) is 4.19. The zero-order valence-electron chi connectivity index (χ0n) is 7.75. The highest BCUT2D eigenvalue weighted by atomic mass is 16.7. The number of hydrogen-bond donors (Lipinski definition) is 3. The first kappa shape index (κ1) is 8.17. The molecule has 1 saturated carbocycles. The molecule has 4 unspecified atom stereocenters. The SMILES string of the molecule is C1CC2C(CCC3NNCC32)ON1. The predicted molar refractivity (Wildman–Crippen MR) is 48.6 cm³/mol. The number of nitrogens with one attached hydrogen (secondary N) is 3. The Morgan fingerprint density at radius 2 is 2.08 bits per heavy atom. The summed E-state index contributed by atoms with van der Waals surface area (Å²) in [4.78, 5) is 5.58. The van der Waals surface area contributed by atoms with Crippen molar-refractivity contribution in [3.8, 4) is 0 Å². The second kappa shape index (κ2) is 3.20. The first-order valence-corrected chi connectivity index (χ1v) is 5.32. The van der Waals surface area contributed by atoms with E-state index in [2.05, 4.69) is 16.3 Å². The second-order valence-corrected chi connectivity index (χ2v) is 4.38. The van der Waals surface area contributed by atoms with Crippen molar-refractivity contribution in [2.24, 2.45) is 11.8 Å². The number of hydroxylamine groups is 1. The lowest BCUT2D eigenvalue weighted by molar-refractivity contribution is -0.120. The lowest BCUT2D eigenvalue weighted by atomic mass is 9.73. The first-order valence-electron chi connectivity index (χ1n) is 5.32. The maximum absolute atomic E-state index is 5.58. The van der Waals surface area contributed by atoms with Crippen molar-refractivity contribution in [1.29, 1.82) is 0 Å². The highest BCUT2D eigenvalue weighted by Crippen LogP contribution is 2.36. The molecule has 0 aromatic carbocycles. The van der Waals surface area contributed by atoms with Crippen molar-refractivity contribution < 1.29 is 4.84 Å². The monoisotopic (exact) mass is 183 g/mol. The fraction of sp³-hybridized carbons (Fsp3) is 1.00. The summed E-state index contributed by atoms with van der Waals surface area (Å²) in [6.45, 7) is 2.14. The molecule has 3 N–H and O–H groups in total. The Hall–Kier alpha value is -0.160. The lowest BCUT2D eigenvalue weighted by Gasteiger charge is -2.41. The molecule has 0 aromatic heterocycles. The van der Waals surface area contributed by atoms with E-state index in [1.807, 2.05) is 0 Å². The Kier molecular flexibility index (Phi) is 2.01. The highest BCUT2D eigenvalue weighted by molar-refractivity contribution is 4.96. The van der Waals surface area contributed by atoms with E-state index in [4.69, 9.17) is 4.84 Å². The lowest BCUT2D eigenvalue weighted by Crippen LogP contribution is -2.49. The van der Waals surface area contributed by atoms with Gasteiger partial charge in [-0.2, -0.15) is 0 Å². The molecule has 1 aliphatic carbocycles. The topological polar surface area (TPSA) is 45.3 Å². The molecule has 3 aliphatic rings. The van der Waals surface area contributed by atoms with Crippen LogP contribution in [0.1, 0.15) is 19.3 Å². The molecule has 3 fully saturated rings. The Balaban J connectivity index is 1.77. The van der Waals surface area contributed by atoms with E-state index < -0.39 is 0 Å². The molecular weight excluding hydrogens is 166 g/mol. The molecule has 0 bridgehead atoms. The minimum absolute atomic E-state index is 0.469. The molecule has 0 aromatic rings. The normalized spacial score (nSPS) is 49.8. The average Bonchev–Trinajstić information content (AvgIpc) is 2.65. The molecule has 4 heteroatoms. The van der Waals surface area contributed by atoms with Gasteiger partial charge in [0.05, 0.1) is 6.10 Å². The van der Waals surface area contributed by atoms with Crippen molar-refractivity contribution in [3.63, 3.8) is 0 Å². The third-order valence-electron chi connectivity index (χ3n) is 3.75. The van der Waals surface area contributed by atoms with E-state index in [0.717, 1.165) is 24.9 Å². The van der Waals surface area contributed by atoms with E-state index >= 15 is 0 Å². The van der Waals surface area contributed by atoms with Gasteiger partial charge in [-0.3, -0.25) is 15.7 Å². The maximum atomic E-state index is 5.58. The largest absolute Gasteiger partial charge is 0.298 e. The molecule has 2 aliphatic heterocycles. The summed E-state index contributed by atoms with van der Waals surface area (Å²) in [7, 11) is 0. The van der Waals surface area contributed by atoms with Crippen LogP contribution in [0.15, 0.2) is 0 Å². The molecule has 2 saturated heterocycles. The van der Waals surface area contributed by atoms with Gasteiger partial charge >= 0.3 is 0 Å². The van der Waals surface area contributed by atoms with E-state index in [1.165, 1.54) is 19.3 Å². The molecule has 3 rings (SSSR count). The van der Waals surface area contributed by atoms with Crippen LogP contribution in [0.5, 0.6) is 0 Å². The predicted octanol–water partition coefficient (Wildman–Crippen LogP) is -0.217. The van der Waals surface area contributed by atoms with Gasteiger partial charge in [-0.15, -0.1) is 0 Å². The molecule has 0 amide bonds. The van der Waals surface area contributed by atoms with Crippen LogP contribution >= 0.6 is 0 Å². The van der Waals surface area contributed by atoms with Crippen molar-refractivity contribution in [1.82, 2.24) is 16.3 Å². The Morgan fingerprint density at radius 1 is 1.08 bits per heavy atom. The average molecular weight is 183 g/mol. The molecule has 0 radical (unpaired) electrons. The number of fused-ring (bicyclic) bond motifs is 3. The van der Waals surface area contributed by atoms with Crippen LogP contribution in [0, 0.1) is 11.8 Å². The van der Waals surface area contributed by atoms with Gasteiger partial charge in [-0.05, 0) is 31.1 Å². The first-order chi connectivity index (χ1) is 6.45. The molecule has 2 heterocycles. The van der Waals surface area contributed by atoms with Gasteiger partial charge < -0.3 is 0 Å². The van der Waals surface area contributed by atoms with Crippen molar-refractivity contribution >= 4 is 0 Å². The van der Waals surface area contributed by atoms with E-state index in [9.17, 15) is 0 Å². The zero-order chi connectivity index (χ0) is 8.67. The van der Waals surface area contributed by atoms with Crippen LogP contribution in [0.25, 0.3) is 0 Å². The molecule has 13 heavy (non-hydrogen) atoms. The van der Waals surface area contributed by atoms with Gasteiger partial charge in [-0.25, -0.2) is 5.48 Å². The van der Waals surface area contributed by atoms with Gasteiger partial charge in [0.25, 0.3) is 0 Å². The van der Waals surface area contributed by atoms with Gasteiger partial charge in [0, 0.05) is 19.1 Å². The Morgan fingerprint density at radius 3 is 3.08 bits per heavy atom. The van der Waals surface area contributed by atoms with E-state index in [0.29, 0.717) is 12.1 Å². The summed E-state index contributed by atoms with van der Waals surface area (Å²) in [5.74, 6) is 1.56. The quantitative estimate of drug-likeness (QED) is 0.486. The molecular formula is C9H17N3O. The van der Waals surface area contributed by atoms with Crippen LogP contribution in [0.4, 0.5) is 0 Å². The molecule has 0 spiro atoms. The summed E-state index contributed by atoms with van der Waals surface area (Å²) in [5.41, 5.74) is 9.66. The Labute approximate surface area is 78.3 Å². The zero-order valence-corrected chi connectivity index (χ0v) is 7.75. The molecule has 74 valence electrons. The number of hydrazine groups is 1. The fourth-order valence-electron chi connectivity index (χ4n) is 3.06. The van der Waals surface area contributed by atoms with E-state index in [1.54, 1.807) is 0 Å². The van der Waals surface area contributed by atoms with Crippen LogP contribution in [0.3, 0.4) is 0 Å². The number of hydrogen-bond acceptors (Lipinski definition) is 4. The highest BCUT2D eigenvalue weighted by Gasteiger charge is 2.43. The van der Waals surface area contributed by atoms with Crippen molar-refractivity contribution in [2.75, 3.05) is 13.1 Å². The molecule has 4 nitrogen and oxygen atoms in total. The third-order valence-corrected chi connectivity index (χ3v) is 3.75. The second-order valence-electron chi connectivity index (χ2n) is 4.38. The van der Waals surface area contributed by atoms with Gasteiger partial charge in [0.15, 0.2) is 0 Å². The van der Waals surface area contributed by atoms with E-state index in [-0.39, 0.29) is 0 Å². The standard InChI is InChI=1S/C9H17N3O/c1-2-9-6(3-4-11-13-9)7-5-10-12-8(1)7/h6-12H,1-5H2. The third kappa shape index (κ3) is 1.29. The van der Waals surface area contributed by atoms with Gasteiger partial charge in [0.2, 0.25) is 0 Å². The summed E-state index contributed by atoms with van der Waals surface area (Å²) < 4.78 is 0. The Bertz CT molecular complexity index is 199. The molecule has 4 atom stereocenters. The maximum Gasteiger partial charge on any atom is 0.0823 e. The van der Waals surface area contributed by atoms with Crippen LogP contribution in [-0.4, -0.2) is 25.2 Å². The van der Waals surface area contributed by atoms with Gasteiger partial charge in [-0.1, -0.05) is 0 Å². The van der Waals surface area contributed by atoms with Crippen molar-refractivity contribution in [3.05, 3.63) is 0 Å². The fourth-order valence-corrected chi connectivity index (χ4v) is 3.06. The van der Waals surface area contributed by atoms with Gasteiger partial charge in [0.1, 0.15) is 0 Å². The minimum Gasteiger partial charge on any atom is -0.298 e. The smallest absolute Gasteiger partial charge is 0.0823 e. The van der Waals surface area contributed by atoms with Crippen LogP contribution in [0.2, 0.25) is 0 Å². The van der Waals surface area contributed by atoms with Crippen LogP contribution in [-0.2, 0) is 4.84 Å². The van der Waals surface area contributed by atoms with Crippen molar-refractivity contribution in [2.45, 2.75) is 31.4 Å². The summed E-state index contributed by atoms with van der Waals surface area (Å²) >= 11 is 0. The minimum atomic E-state index is 0.469. The summed E-state index contributed by atoms with van der Waals surface area (Å²) in [6, 6.07) is 0.697. The number of rotatable bonds is 0.